The Morgan fingerprint density at radius 1 is 1.11 bits per heavy atom. The first-order valence-electron chi connectivity index (χ1n) is 10.7. The van der Waals surface area contributed by atoms with Crippen LogP contribution in [-0.4, -0.2) is 34.9 Å². The van der Waals surface area contributed by atoms with E-state index in [2.05, 4.69) is 51.6 Å². The van der Waals surface area contributed by atoms with E-state index < -0.39 is 0 Å². The lowest BCUT2D eigenvalue weighted by Gasteiger charge is -2.40. The SMILES string of the molecule is O=C(C[C@@H]1CC2(CCN(Cc3ccccn3)CC2)c2ccccc21)NC1CC1. The lowest BCUT2D eigenvalue weighted by Crippen LogP contribution is -2.41. The molecule has 28 heavy (non-hydrogen) atoms. The van der Waals surface area contributed by atoms with Crippen LogP contribution in [0.4, 0.5) is 0 Å². The molecule has 1 atom stereocenters. The maximum atomic E-state index is 12.5. The molecule has 1 spiro atoms. The van der Waals surface area contributed by atoms with Crippen LogP contribution in [0.25, 0.3) is 0 Å². The van der Waals surface area contributed by atoms with Crippen LogP contribution in [0.5, 0.6) is 0 Å². The number of fused-ring (bicyclic) bond motifs is 2. The number of amides is 1. The summed E-state index contributed by atoms with van der Waals surface area (Å²) >= 11 is 0. The normalized spacial score (nSPS) is 23.5. The number of carbonyl (C=O) groups excluding carboxylic acids is 1. The van der Waals surface area contributed by atoms with Crippen LogP contribution in [-0.2, 0) is 16.8 Å². The molecule has 1 saturated carbocycles. The average molecular weight is 376 g/mol. The molecule has 3 aliphatic rings. The van der Waals surface area contributed by atoms with Crippen molar-refractivity contribution in [2.45, 2.75) is 62.4 Å². The summed E-state index contributed by atoms with van der Waals surface area (Å²) in [6.45, 7) is 3.14. The second-order valence-corrected chi connectivity index (χ2v) is 8.91. The van der Waals surface area contributed by atoms with Gasteiger partial charge in [-0.2, -0.15) is 0 Å². The second-order valence-electron chi connectivity index (χ2n) is 8.91. The first-order chi connectivity index (χ1) is 13.7. The molecular formula is C24H29N3O. The van der Waals surface area contributed by atoms with Gasteiger partial charge in [0.1, 0.15) is 0 Å². The largest absolute Gasteiger partial charge is 0.353 e. The van der Waals surface area contributed by atoms with E-state index in [1.54, 1.807) is 0 Å². The summed E-state index contributed by atoms with van der Waals surface area (Å²) in [5.74, 6) is 0.615. The molecule has 1 saturated heterocycles. The van der Waals surface area contributed by atoms with Crippen molar-refractivity contribution in [1.82, 2.24) is 15.2 Å². The van der Waals surface area contributed by atoms with Crippen molar-refractivity contribution < 1.29 is 4.79 Å². The number of piperidine rings is 1. The fourth-order valence-corrected chi connectivity index (χ4v) is 5.28. The van der Waals surface area contributed by atoms with Crippen LogP contribution >= 0.6 is 0 Å². The zero-order valence-electron chi connectivity index (χ0n) is 16.4. The van der Waals surface area contributed by atoms with Crippen molar-refractivity contribution in [3.8, 4) is 0 Å². The van der Waals surface area contributed by atoms with Crippen LogP contribution in [0, 0.1) is 0 Å². The first kappa shape index (κ1) is 17.9. The Balaban J connectivity index is 1.28. The summed E-state index contributed by atoms with van der Waals surface area (Å²) in [7, 11) is 0. The highest BCUT2D eigenvalue weighted by molar-refractivity contribution is 5.78. The number of hydrogen-bond acceptors (Lipinski definition) is 3. The third kappa shape index (κ3) is 3.58. The van der Waals surface area contributed by atoms with E-state index in [-0.39, 0.29) is 11.3 Å². The standard InChI is InChI=1S/C24H29N3O/c28-23(26-19-8-9-19)15-18-16-24(22-7-2-1-6-21(18)22)10-13-27(14-11-24)17-20-5-3-4-12-25-20/h1-7,12,18-19H,8-11,13-17H2,(H,26,28)/t18-/m1/s1. The Bertz CT molecular complexity index is 838. The van der Waals surface area contributed by atoms with Gasteiger partial charge in [0.2, 0.25) is 5.91 Å². The molecule has 2 heterocycles. The van der Waals surface area contributed by atoms with Crippen molar-refractivity contribution in [3.63, 3.8) is 0 Å². The highest BCUT2D eigenvalue weighted by Crippen LogP contribution is 2.52. The van der Waals surface area contributed by atoms with Crippen LogP contribution in [0.3, 0.4) is 0 Å². The van der Waals surface area contributed by atoms with Crippen LogP contribution < -0.4 is 5.32 Å². The summed E-state index contributed by atoms with van der Waals surface area (Å²) in [5.41, 5.74) is 4.34. The Kier molecular flexibility index (Phi) is 4.67. The summed E-state index contributed by atoms with van der Waals surface area (Å²) in [5, 5.41) is 3.18. The summed E-state index contributed by atoms with van der Waals surface area (Å²) in [6.07, 6.45) is 8.32. The van der Waals surface area contributed by atoms with E-state index in [9.17, 15) is 4.79 Å². The molecule has 1 aromatic heterocycles. The molecule has 1 aliphatic heterocycles. The lowest BCUT2D eigenvalue weighted by molar-refractivity contribution is -0.121. The van der Waals surface area contributed by atoms with Gasteiger partial charge in [0.15, 0.2) is 0 Å². The minimum absolute atomic E-state index is 0.243. The molecule has 2 aromatic rings. The molecule has 4 heteroatoms. The Morgan fingerprint density at radius 2 is 1.89 bits per heavy atom. The second kappa shape index (κ2) is 7.32. The van der Waals surface area contributed by atoms with Crippen molar-refractivity contribution in [1.29, 1.82) is 0 Å². The fraction of sp³-hybridized carbons (Fsp3) is 0.500. The molecule has 4 nitrogen and oxygen atoms in total. The van der Waals surface area contributed by atoms with Crippen molar-refractivity contribution in [2.24, 2.45) is 0 Å². The maximum absolute atomic E-state index is 12.5. The predicted molar refractivity (Wildman–Crippen MR) is 110 cm³/mol. The van der Waals surface area contributed by atoms with E-state index in [1.165, 1.54) is 24.0 Å². The molecule has 5 rings (SSSR count). The molecule has 0 bridgehead atoms. The van der Waals surface area contributed by atoms with E-state index in [0.29, 0.717) is 18.4 Å². The van der Waals surface area contributed by atoms with Crippen LogP contribution in [0.15, 0.2) is 48.7 Å². The molecular weight excluding hydrogens is 346 g/mol. The maximum Gasteiger partial charge on any atom is 0.220 e. The number of nitrogens with one attached hydrogen (secondary N) is 1. The average Bonchev–Trinajstić information content (AvgIpc) is 3.48. The highest BCUT2D eigenvalue weighted by Gasteiger charge is 2.45. The van der Waals surface area contributed by atoms with E-state index >= 15 is 0 Å². The summed E-state index contributed by atoms with van der Waals surface area (Å²) in [6, 6.07) is 15.5. The number of nitrogens with zero attached hydrogens (tertiary/aromatic N) is 2. The summed E-state index contributed by atoms with van der Waals surface area (Å²) in [4.78, 5) is 19.5. The molecule has 1 N–H and O–H groups in total. The van der Waals surface area contributed by atoms with Crippen molar-refractivity contribution >= 4 is 5.91 Å². The number of rotatable bonds is 5. The van der Waals surface area contributed by atoms with Gasteiger partial charge < -0.3 is 5.32 Å². The Labute approximate surface area is 167 Å². The van der Waals surface area contributed by atoms with Crippen LogP contribution in [0.1, 0.15) is 61.3 Å². The van der Waals surface area contributed by atoms with Gasteiger partial charge in [-0.1, -0.05) is 30.3 Å². The van der Waals surface area contributed by atoms with E-state index in [4.69, 9.17) is 0 Å². The number of likely N-dealkylation sites (tertiary alicyclic amines) is 1. The van der Waals surface area contributed by atoms with Gasteiger partial charge in [-0.25, -0.2) is 0 Å². The molecule has 0 radical (unpaired) electrons. The first-order valence-corrected chi connectivity index (χ1v) is 10.7. The van der Waals surface area contributed by atoms with Crippen molar-refractivity contribution in [2.75, 3.05) is 13.1 Å². The minimum Gasteiger partial charge on any atom is -0.353 e. The summed E-state index contributed by atoms with van der Waals surface area (Å²) < 4.78 is 0. The van der Waals surface area contributed by atoms with Crippen molar-refractivity contribution in [3.05, 3.63) is 65.5 Å². The highest BCUT2D eigenvalue weighted by atomic mass is 16.1. The quantitative estimate of drug-likeness (QED) is 0.865. The van der Waals surface area contributed by atoms with Gasteiger partial charge in [0.25, 0.3) is 0 Å². The zero-order chi connectivity index (χ0) is 19.0. The van der Waals surface area contributed by atoms with Gasteiger partial charge in [-0.15, -0.1) is 0 Å². The smallest absolute Gasteiger partial charge is 0.220 e. The molecule has 1 aromatic carbocycles. The molecule has 146 valence electrons. The Hall–Kier alpha value is -2.20. The molecule has 0 unspecified atom stereocenters. The zero-order valence-corrected chi connectivity index (χ0v) is 16.4. The van der Waals surface area contributed by atoms with Crippen LogP contribution in [0.2, 0.25) is 0 Å². The third-order valence-corrected chi connectivity index (χ3v) is 6.91. The number of benzene rings is 1. The van der Waals surface area contributed by atoms with Gasteiger partial charge in [-0.3, -0.25) is 14.7 Å². The molecule has 1 amide bonds. The molecule has 2 fully saturated rings. The fourth-order valence-electron chi connectivity index (χ4n) is 5.28. The minimum atomic E-state index is 0.243. The number of aromatic nitrogens is 1. The lowest BCUT2D eigenvalue weighted by atomic mass is 9.73. The Morgan fingerprint density at radius 3 is 2.64 bits per heavy atom. The van der Waals surface area contributed by atoms with Gasteiger partial charge in [0.05, 0.1) is 5.69 Å². The monoisotopic (exact) mass is 375 g/mol. The van der Waals surface area contributed by atoms with Gasteiger partial charge in [0, 0.05) is 25.2 Å². The number of carbonyl (C=O) groups is 1. The van der Waals surface area contributed by atoms with Gasteiger partial charge >= 0.3 is 0 Å². The third-order valence-electron chi connectivity index (χ3n) is 6.91. The topological polar surface area (TPSA) is 45.2 Å². The molecule has 2 aliphatic carbocycles. The van der Waals surface area contributed by atoms with Gasteiger partial charge in [-0.05, 0) is 79.8 Å². The number of pyridine rings is 1. The predicted octanol–water partition coefficient (Wildman–Crippen LogP) is 3.77. The number of hydrogen-bond donors (Lipinski definition) is 1. The van der Waals surface area contributed by atoms with E-state index in [0.717, 1.165) is 44.6 Å². The van der Waals surface area contributed by atoms with E-state index in [1.807, 2.05) is 12.3 Å².